The van der Waals surface area contributed by atoms with E-state index in [1.54, 1.807) is 0 Å². The highest BCUT2D eigenvalue weighted by atomic mass is 15.4. The maximum atomic E-state index is 3.80. The summed E-state index contributed by atoms with van der Waals surface area (Å²) in [5.41, 5.74) is 9.01. The first-order chi connectivity index (χ1) is 9.40. The van der Waals surface area contributed by atoms with Gasteiger partial charge in [-0.05, 0) is 30.5 Å². The number of hydrazine groups is 1. The maximum Gasteiger partial charge on any atom is 0.0512 e. The van der Waals surface area contributed by atoms with Crippen LogP contribution in [0, 0.1) is 0 Å². The normalized spacial score (nSPS) is 11.8. The molecular formula is C17H20N2. The van der Waals surface area contributed by atoms with Gasteiger partial charge in [0.1, 0.15) is 0 Å². The van der Waals surface area contributed by atoms with Crippen LogP contribution >= 0.6 is 0 Å². The molecule has 2 N–H and O–H groups in total. The summed E-state index contributed by atoms with van der Waals surface area (Å²) in [6.07, 6.45) is 3.97. The van der Waals surface area contributed by atoms with Gasteiger partial charge in [0, 0.05) is 5.69 Å². The molecule has 2 heteroatoms. The fraction of sp³-hybridized carbons (Fsp3) is 0.176. The fourth-order valence-corrected chi connectivity index (χ4v) is 1.98. The van der Waals surface area contributed by atoms with E-state index < -0.39 is 0 Å². The van der Waals surface area contributed by atoms with Gasteiger partial charge in [0.15, 0.2) is 0 Å². The van der Waals surface area contributed by atoms with Crippen molar-refractivity contribution >= 4 is 5.69 Å². The SMILES string of the molecule is C=CCCC(NNc1ccccc1)c1ccccc1. The van der Waals surface area contributed by atoms with Crippen molar-refractivity contribution in [3.05, 3.63) is 78.9 Å². The predicted octanol–water partition coefficient (Wildman–Crippen LogP) is 4.31. The molecule has 0 amide bonds. The second-order valence-corrected chi connectivity index (χ2v) is 4.46. The second-order valence-electron chi connectivity index (χ2n) is 4.46. The molecule has 98 valence electrons. The van der Waals surface area contributed by atoms with Crippen molar-refractivity contribution in [1.82, 2.24) is 5.43 Å². The first-order valence-electron chi connectivity index (χ1n) is 6.62. The number of para-hydroxylation sites is 1. The van der Waals surface area contributed by atoms with Gasteiger partial charge in [-0.15, -0.1) is 6.58 Å². The van der Waals surface area contributed by atoms with Gasteiger partial charge in [-0.3, -0.25) is 0 Å². The highest BCUT2D eigenvalue weighted by molar-refractivity contribution is 5.41. The molecule has 0 bridgehead atoms. The molecule has 0 aliphatic rings. The lowest BCUT2D eigenvalue weighted by Crippen LogP contribution is -2.27. The zero-order valence-corrected chi connectivity index (χ0v) is 11.0. The molecule has 0 aliphatic carbocycles. The van der Waals surface area contributed by atoms with Gasteiger partial charge in [-0.2, -0.15) is 0 Å². The number of hydrogen-bond donors (Lipinski definition) is 2. The third kappa shape index (κ3) is 4.27. The monoisotopic (exact) mass is 252 g/mol. The van der Waals surface area contributed by atoms with Crippen molar-refractivity contribution in [2.45, 2.75) is 18.9 Å². The smallest absolute Gasteiger partial charge is 0.0512 e. The molecule has 0 heterocycles. The third-order valence-electron chi connectivity index (χ3n) is 3.03. The molecule has 0 saturated heterocycles. The van der Waals surface area contributed by atoms with Gasteiger partial charge in [-0.1, -0.05) is 54.6 Å². The van der Waals surface area contributed by atoms with Crippen LogP contribution in [0.4, 0.5) is 5.69 Å². The molecular weight excluding hydrogens is 232 g/mol. The summed E-state index contributed by atoms with van der Waals surface area (Å²) in [5, 5.41) is 0. The molecule has 0 fully saturated rings. The molecule has 0 radical (unpaired) electrons. The van der Waals surface area contributed by atoms with Crippen LogP contribution in [0.5, 0.6) is 0 Å². The number of nitrogens with one attached hydrogen (secondary N) is 2. The molecule has 19 heavy (non-hydrogen) atoms. The molecule has 0 spiro atoms. The molecule has 1 unspecified atom stereocenters. The number of benzene rings is 2. The summed E-state index contributed by atoms with van der Waals surface area (Å²) < 4.78 is 0. The van der Waals surface area contributed by atoms with Crippen molar-refractivity contribution in [2.24, 2.45) is 0 Å². The number of anilines is 1. The van der Waals surface area contributed by atoms with Gasteiger partial charge < -0.3 is 5.43 Å². The number of rotatable bonds is 7. The van der Waals surface area contributed by atoms with Crippen LogP contribution in [0.3, 0.4) is 0 Å². The second kappa shape index (κ2) is 7.39. The molecule has 2 aromatic rings. The van der Waals surface area contributed by atoms with Crippen molar-refractivity contribution < 1.29 is 0 Å². The van der Waals surface area contributed by atoms with Gasteiger partial charge in [0.2, 0.25) is 0 Å². The van der Waals surface area contributed by atoms with Crippen molar-refractivity contribution in [3.8, 4) is 0 Å². The summed E-state index contributed by atoms with van der Waals surface area (Å²) in [7, 11) is 0. The van der Waals surface area contributed by atoms with E-state index in [0.29, 0.717) is 0 Å². The molecule has 2 rings (SSSR count). The van der Waals surface area contributed by atoms with Crippen LogP contribution in [0.15, 0.2) is 73.3 Å². The van der Waals surface area contributed by atoms with Crippen molar-refractivity contribution in [1.29, 1.82) is 0 Å². The summed E-state index contributed by atoms with van der Waals surface area (Å²) >= 11 is 0. The zero-order valence-electron chi connectivity index (χ0n) is 11.0. The lowest BCUT2D eigenvalue weighted by molar-refractivity contribution is 0.550. The highest BCUT2D eigenvalue weighted by Gasteiger charge is 2.09. The van der Waals surface area contributed by atoms with E-state index in [1.807, 2.05) is 42.5 Å². The van der Waals surface area contributed by atoms with Crippen LogP contribution in [0.25, 0.3) is 0 Å². The van der Waals surface area contributed by atoms with Crippen molar-refractivity contribution in [3.63, 3.8) is 0 Å². The average molecular weight is 252 g/mol. The van der Waals surface area contributed by atoms with Gasteiger partial charge in [0.05, 0.1) is 6.04 Å². The topological polar surface area (TPSA) is 24.1 Å². The predicted molar refractivity (Wildman–Crippen MR) is 81.8 cm³/mol. The average Bonchev–Trinajstić information content (AvgIpc) is 2.49. The summed E-state index contributed by atoms with van der Waals surface area (Å²) in [5.74, 6) is 0. The van der Waals surface area contributed by atoms with Gasteiger partial charge in [-0.25, -0.2) is 5.43 Å². The fourth-order valence-electron chi connectivity index (χ4n) is 1.98. The Labute approximate surface area is 115 Å². The Morgan fingerprint density at radius 3 is 2.21 bits per heavy atom. The van der Waals surface area contributed by atoms with Crippen LogP contribution in [0.2, 0.25) is 0 Å². The molecule has 0 saturated carbocycles. The standard InChI is InChI=1S/C17H20N2/c1-2-3-14-17(15-10-6-4-7-11-15)19-18-16-12-8-5-9-13-16/h2,4-13,17-19H,1,3,14H2. The summed E-state index contributed by atoms with van der Waals surface area (Å²) in [6.45, 7) is 3.80. The molecule has 1 atom stereocenters. The lowest BCUT2D eigenvalue weighted by Gasteiger charge is -2.20. The largest absolute Gasteiger partial charge is 0.321 e. The van der Waals surface area contributed by atoms with E-state index >= 15 is 0 Å². The first kappa shape index (κ1) is 13.4. The number of allylic oxidation sites excluding steroid dienone is 1. The minimum atomic E-state index is 0.277. The molecule has 2 aromatic carbocycles. The lowest BCUT2D eigenvalue weighted by atomic mass is 10.0. The van der Waals surface area contributed by atoms with Gasteiger partial charge >= 0.3 is 0 Å². The van der Waals surface area contributed by atoms with E-state index in [0.717, 1.165) is 18.5 Å². The Kier molecular flexibility index (Phi) is 5.20. The zero-order chi connectivity index (χ0) is 13.3. The Bertz CT molecular complexity index is 479. The summed E-state index contributed by atoms with van der Waals surface area (Å²) in [6, 6.07) is 20.9. The van der Waals surface area contributed by atoms with Gasteiger partial charge in [0.25, 0.3) is 0 Å². The quantitative estimate of drug-likeness (QED) is 0.566. The van der Waals surface area contributed by atoms with E-state index in [1.165, 1.54) is 5.56 Å². The Balaban J connectivity index is 2.00. The summed E-state index contributed by atoms with van der Waals surface area (Å²) in [4.78, 5) is 0. The molecule has 0 aromatic heterocycles. The van der Waals surface area contributed by atoms with E-state index in [2.05, 4.69) is 41.7 Å². The van der Waals surface area contributed by atoms with E-state index in [4.69, 9.17) is 0 Å². The van der Waals surface area contributed by atoms with Crippen LogP contribution < -0.4 is 10.9 Å². The minimum Gasteiger partial charge on any atom is -0.321 e. The minimum absolute atomic E-state index is 0.277. The van der Waals surface area contributed by atoms with Crippen LogP contribution in [-0.2, 0) is 0 Å². The van der Waals surface area contributed by atoms with Crippen LogP contribution in [0.1, 0.15) is 24.4 Å². The van der Waals surface area contributed by atoms with E-state index in [9.17, 15) is 0 Å². The Hall–Kier alpha value is -2.06. The molecule has 0 aliphatic heterocycles. The first-order valence-corrected chi connectivity index (χ1v) is 6.62. The van der Waals surface area contributed by atoms with E-state index in [-0.39, 0.29) is 6.04 Å². The third-order valence-corrected chi connectivity index (χ3v) is 3.03. The highest BCUT2D eigenvalue weighted by Crippen LogP contribution is 2.18. The van der Waals surface area contributed by atoms with Crippen LogP contribution in [-0.4, -0.2) is 0 Å². The Morgan fingerprint density at radius 1 is 0.947 bits per heavy atom. The van der Waals surface area contributed by atoms with Crippen molar-refractivity contribution in [2.75, 3.05) is 5.43 Å². The maximum absolute atomic E-state index is 3.80. The number of hydrogen-bond acceptors (Lipinski definition) is 2. The molecule has 2 nitrogen and oxygen atoms in total. The Morgan fingerprint density at radius 2 is 1.58 bits per heavy atom.